The first-order chi connectivity index (χ1) is 18.7. The van der Waals surface area contributed by atoms with Crippen LogP contribution in [0.2, 0.25) is 0 Å². The molecule has 2 heterocycles. The van der Waals surface area contributed by atoms with Crippen molar-refractivity contribution in [3.05, 3.63) is 48.5 Å². The Morgan fingerprint density at radius 1 is 0.575 bits per heavy atom. The summed E-state index contributed by atoms with van der Waals surface area (Å²) in [5.74, 6) is 0. The van der Waals surface area contributed by atoms with Crippen LogP contribution in [0.1, 0.15) is 65.2 Å². The molecule has 0 N–H and O–H groups in total. The monoisotopic (exact) mass is 596 g/mol. The molecule has 0 radical (unpaired) electrons. The molecule has 0 amide bonds. The third kappa shape index (κ3) is 11.6. The van der Waals surface area contributed by atoms with Gasteiger partial charge in [0.2, 0.25) is 0 Å². The molecule has 0 unspecified atom stereocenters. The molecule has 2 aliphatic heterocycles. The van der Waals surface area contributed by atoms with Crippen molar-refractivity contribution < 1.29 is 34.9 Å². The Labute approximate surface area is 242 Å². The highest BCUT2D eigenvalue weighted by Gasteiger charge is 2.26. The molecule has 2 saturated heterocycles. The molecule has 4 rings (SSSR count). The number of unbranched alkanes of at least 4 members (excludes halogenated alkanes) is 2. The SMILES string of the molecule is CCCC[N+]1(C)CCCC1.CCCC[N+]1(C)CCCC1.O=S(=O)([O-])c1ccc(-c2ccc(S(=O)(=O)[O-])cc2)cc1. The maximum atomic E-state index is 10.8. The first kappa shape index (κ1) is 34.4. The largest absolute Gasteiger partial charge is 0.744 e. The summed E-state index contributed by atoms with van der Waals surface area (Å²) >= 11 is 0. The van der Waals surface area contributed by atoms with Crippen molar-refractivity contribution in [1.82, 2.24) is 0 Å². The molecular weight excluding hydrogens is 548 g/mol. The molecule has 0 spiro atoms. The van der Waals surface area contributed by atoms with E-state index in [2.05, 4.69) is 27.9 Å². The lowest BCUT2D eigenvalue weighted by Gasteiger charge is -2.28. The van der Waals surface area contributed by atoms with E-state index in [1.807, 2.05) is 0 Å². The van der Waals surface area contributed by atoms with Crippen LogP contribution in [0, 0.1) is 0 Å². The third-order valence-corrected chi connectivity index (χ3v) is 9.71. The third-order valence-electron chi connectivity index (χ3n) is 8.01. The molecule has 40 heavy (non-hydrogen) atoms. The smallest absolute Gasteiger partial charge is 0.124 e. The first-order valence-electron chi connectivity index (χ1n) is 14.5. The van der Waals surface area contributed by atoms with Gasteiger partial charge in [-0.05, 0) is 48.2 Å². The number of benzene rings is 2. The fourth-order valence-electron chi connectivity index (χ4n) is 5.35. The maximum absolute atomic E-state index is 10.8. The van der Waals surface area contributed by atoms with Crippen LogP contribution in [0.25, 0.3) is 11.1 Å². The van der Waals surface area contributed by atoms with Gasteiger partial charge in [-0.25, -0.2) is 16.8 Å². The zero-order valence-electron chi connectivity index (χ0n) is 24.7. The molecule has 2 aromatic carbocycles. The topological polar surface area (TPSA) is 114 Å². The lowest BCUT2D eigenvalue weighted by molar-refractivity contribution is -0.897. The highest BCUT2D eigenvalue weighted by molar-refractivity contribution is 7.86. The van der Waals surface area contributed by atoms with Gasteiger partial charge >= 0.3 is 0 Å². The number of nitrogens with zero attached hydrogens (tertiary/aromatic N) is 2. The molecule has 8 nitrogen and oxygen atoms in total. The minimum Gasteiger partial charge on any atom is -0.744 e. The Balaban J connectivity index is 0.000000235. The second kappa shape index (κ2) is 15.4. The molecule has 0 bridgehead atoms. The summed E-state index contributed by atoms with van der Waals surface area (Å²) in [4.78, 5) is -0.694. The minimum absolute atomic E-state index is 0.347. The average molecular weight is 597 g/mol. The van der Waals surface area contributed by atoms with E-state index in [1.54, 1.807) is 0 Å². The van der Waals surface area contributed by atoms with E-state index in [0.29, 0.717) is 11.1 Å². The predicted molar refractivity (Wildman–Crippen MR) is 158 cm³/mol. The zero-order valence-corrected chi connectivity index (χ0v) is 26.3. The maximum Gasteiger partial charge on any atom is 0.124 e. The van der Waals surface area contributed by atoms with Crippen molar-refractivity contribution in [2.45, 2.75) is 75.0 Å². The summed E-state index contributed by atoms with van der Waals surface area (Å²) in [6, 6.07) is 10.3. The van der Waals surface area contributed by atoms with Crippen LogP contribution >= 0.6 is 0 Å². The summed E-state index contributed by atoms with van der Waals surface area (Å²) < 4.78 is 67.4. The second-order valence-electron chi connectivity index (χ2n) is 11.7. The van der Waals surface area contributed by atoms with Gasteiger partial charge in [-0.15, -0.1) is 0 Å². The van der Waals surface area contributed by atoms with Crippen molar-refractivity contribution >= 4 is 20.2 Å². The van der Waals surface area contributed by atoms with Gasteiger partial charge in [0.1, 0.15) is 20.2 Å². The molecule has 0 saturated carbocycles. The van der Waals surface area contributed by atoms with Crippen LogP contribution in [0.15, 0.2) is 58.3 Å². The Kier molecular flexibility index (Phi) is 13.3. The van der Waals surface area contributed by atoms with Crippen LogP contribution in [-0.4, -0.2) is 88.3 Å². The van der Waals surface area contributed by atoms with Crippen molar-refractivity contribution in [1.29, 1.82) is 0 Å². The lowest BCUT2D eigenvalue weighted by Crippen LogP contribution is -2.41. The molecule has 10 heteroatoms. The van der Waals surface area contributed by atoms with Gasteiger partial charge in [0.25, 0.3) is 0 Å². The fourth-order valence-corrected chi connectivity index (χ4v) is 6.29. The van der Waals surface area contributed by atoms with E-state index < -0.39 is 20.2 Å². The van der Waals surface area contributed by atoms with Crippen molar-refractivity contribution in [2.75, 3.05) is 53.4 Å². The average Bonchev–Trinajstić information content (AvgIpc) is 3.55. The summed E-state index contributed by atoms with van der Waals surface area (Å²) in [5, 5.41) is 0. The van der Waals surface area contributed by atoms with Crippen LogP contribution in [0.3, 0.4) is 0 Å². The number of hydrogen-bond acceptors (Lipinski definition) is 6. The van der Waals surface area contributed by atoms with Crippen molar-refractivity contribution in [2.24, 2.45) is 0 Å². The van der Waals surface area contributed by atoms with Gasteiger partial charge in [-0.3, -0.25) is 0 Å². The summed E-state index contributed by atoms with van der Waals surface area (Å²) in [7, 11) is -4.19. The van der Waals surface area contributed by atoms with Crippen LogP contribution < -0.4 is 0 Å². The zero-order chi connectivity index (χ0) is 29.9. The second-order valence-corrected chi connectivity index (χ2v) is 14.4. The highest BCUT2D eigenvalue weighted by atomic mass is 32.2. The molecule has 226 valence electrons. The Morgan fingerprint density at radius 3 is 1.07 bits per heavy atom. The number of rotatable bonds is 9. The summed E-state index contributed by atoms with van der Waals surface area (Å²) in [5.41, 5.74) is 1.18. The quantitative estimate of drug-likeness (QED) is 0.290. The molecule has 2 aromatic rings. The molecule has 0 aromatic heterocycles. The normalized spacial score (nSPS) is 17.9. The van der Waals surface area contributed by atoms with Crippen LogP contribution in [-0.2, 0) is 20.2 Å². The molecule has 2 fully saturated rings. The van der Waals surface area contributed by atoms with Gasteiger partial charge in [0.05, 0.1) is 63.2 Å². The van der Waals surface area contributed by atoms with E-state index in [-0.39, 0.29) is 9.79 Å². The molecular formula is C30H48N2O6S2. The number of likely N-dealkylation sites (tertiary alicyclic amines) is 2. The molecule has 0 aliphatic carbocycles. The predicted octanol–water partition coefficient (Wildman–Crippen LogP) is 5.22. The fraction of sp³-hybridized carbons (Fsp3) is 0.600. The number of quaternary nitrogens is 2. The van der Waals surface area contributed by atoms with Gasteiger partial charge < -0.3 is 18.1 Å². The highest BCUT2D eigenvalue weighted by Crippen LogP contribution is 2.23. The first-order valence-corrected chi connectivity index (χ1v) is 17.3. The van der Waals surface area contributed by atoms with Crippen molar-refractivity contribution in [3.8, 4) is 11.1 Å². The van der Waals surface area contributed by atoms with E-state index in [9.17, 15) is 25.9 Å². The molecule has 0 atom stereocenters. The van der Waals surface area contributed by atoms with Crippen LogP contribution in [0.4, 0.5) is 0 Å². The van der Waals surface area contributed by atoms with Gasteiger partial charge in [0, 0.05) is 25.7 Å². The van der Waals surface area contributed by atoms with E-state index in [1.165, 1.54) is 124 Å². The van der Waals surface area contributed by atoms with E-state index in [4.69, 9.17) is 0 Å². The van der Waals surface area contributed by atoms with Gasteiger partial charge in [-0.1, -0.05) is 51.0 Å². The summed E-state index contributed by atoms with van der Waals surface area (Å²) in [6.07, 6.45) is 11.4. The van der Waals surface area contributed by atoms with Gasteiger partial charge in [-0.2, -0.15) is 0 Å². The van der Waals surface area contributed by atoms with Gasteiger partial charge in [0.15, 0.2) is 0 Å². The Morgan fingerprint density at radius 2 is 0.850 bits per heavy atom. The van der Waals surface area contributed by atoms with Crippen LogP contribution in [0.5, 0.6) is 0 Å². The Bertz CT molecular complexity index is 1130. The lowest BCUT2D eigenvalue weighted by atomic mass is 10.1. The number of hydrogen-bond donors (Lipinski definition) is 0. The standard InChI is InChI=1S/C12H10O6S2.2C9H20N/c13-19(14,15)11-5-1-9(2-6-11)10-3-7-12(8-4-10)20(16,17)18;2*1-3-4-7-10(2)8-5-6-9-10/h1-8H,(H,13,14,15)(H,16,17,18);2*3-9H2,1-2H3/q;2*+1/p-2. The summed E-state index contributed by atoms with van der Waals surface area (Å²) in [6.45, 7) is 13.1. The van der Waals surface area contributed by atoms with Crippen molar-refractivity contribution in [3.63, 3.8) is 0 Å². The molecule has 2 aliphatic rings. The van der Waals surface area contributed by atoms with E-state index >= 15 is 0 Å². The Hall–Kier alpha value is -1.82. The van der Waals surface area contributed by atoms with E-state index in [0.717, 1.165) is 24.3 Å². The minimum atomic E-state index is -4.50.